The van der Waals surface area contributed by atoms with Gasteiger partial charge in [0.1, 0.15) is 11.4 Å². The summed E-state index contributed by atoms with van der Waals surface area (Å²) in [6, 6.07) is 15.1. The number of ether oxygens (including phenoxy) is 1. The highest BCUT2D eigenvalue weighted by Crippen LogP contribution is 2.33. The second-order valence-electron chi connectivity index (χ2n) is 9.17. The van der Waals surface area contributed by atoms with Crippen LogP contribution in [0.5, 0.6) is 0 Å². The molecular formula is C26H33ClN4O3. The number of carbonyl (C=O) groups is 1. The monoisotopic (exact) mass is 484 g/mol. The predicted molar refractivity (Wildman–Crippen MR) is 134 cm³/mol. The second kappa shape index (κ2) is 10.9. The van der Waals surface area contributed by atoms with Gasteiger partial charge in [-0.1, -0.05) is 35.9 Å². The van der Waals surface area contributed by atoms with E-state index in [-0.39, 0.29) is 24.9 Å². The molecule has 0 spiro atoms. The molecule has 0 radical (unpaired) electrons. The van der Waals surface area contributed by atoms with Crippen molar-refractivity contribution in [1.29, 1.82) is 0 Å². The van der Waals surface area contributed by atoms with Crippen LogP contribution in [0.3, 0.4) is 0 Å². The molecule has 0 saturated carbocycles. The third kappa shape index (κ3) is 5.61. The van der Waals surface area contributed by atoms with Crippen LogP contribution >= 0.6 is 11.6 Å². The number of hydrogen-bond donors (Lipinski definition) is 2. The van der Waals surface area contributed by atoms with Gasteiger partial charge in [-0.3, -0.25) is 4.79 Å². The average Bonchev–Trinajstić information content (AvgIpc) is 3.20. The topological polar surface area (TPSA) is 93.6 Å². The zero-order valence-electron chi connectivity index (χ0n) is 19.6. The van der Waals surface area contributed by atoms with Crippen molar-refractivity contribution in [2.75, 3.05) is 26.8 Å². The lowest BCUT2D eigenvalue weighted by Crippen LogP contribution is -2.50. The Bertz CT molecular complexity index is 1120. The van der Waals surface area contributed by atoms with Crippen molar-refractivity contribution in [3.05, 3.63) is 64.9 Å². The number of amides is 1. The molecule has 0 unspecified atom stereocenters. The first kappa shape index (κ1) is 24.7. The lowest BCUT2D eigenvalue weighted by atomic mass is 9.91. The lowest BCUT2D eigenvalue weighted by molar-refractivity contribution is -0.139. The van der Waals surface area contributed by atoms with E-state index in [0.29, 0.717) is 49.8 Å². The molecule has 0 aliphatic carbocycles. The van der Waals surface area contributed by atoms with E-state index in [1.807, 2.05) is 48.5 Å². The molecule has 1 saturated heterocycles. The van der Waals surface area contributed by atoms with Crippen LogP contribution in [0.4, 0.5) is 0 Å². The normalized spacial score (nSPS) is 19.5. The molecule has 0 bridgehead atoms. The standard InChI is InChI=1S/C26H33ClN4O3/c1-34-15-5-14-31-23-7-3-2-6-22(23)29-25(31)26(33)12-4-13-30(18-26)24(32)17-21(28)16-19-8-10-20(27)11-9-19/h2-3,6-11,21,33H,4-5,12-18,28H2,1H3/t21-,26+/m1/s1. The van der Waals surface area contributed by atoms with E-state index >= 15 is 0 Å². The zero-order chi connectivity index (χ0) is 24.1. The minimum absolute atomic E-state index is 0.0402. The molecule has 8 heteroatoms. The highest BCUT2D eigenvalue weighted by atomic mass is 35.5. The number of aryl methyl sites for hydroxylation is 1. The number of methoxy groups -OCH3 is 1. The Hall–Kier alpha value is -2.45. The van der Waals surface area contributed by atoms with Gasteiger partial charge in [-0.25, -0.2) is 4.98 Å². The summed E-state index contributed by atoms with van der Waals surface area (Å²) in [6.45, 7) is 2.14. The first-order valence-corrected chi connectivity index (χ1v) is 12.2. The zero-order valence-corrected chi connectivity index (χ0v) is 20.4. The summed E-state index contributed by atoms with van der Waals surface area (Å²) >= 11 is 5.95. The first-order valence-electron chi connectivity index (χ1n) is 11.8. The van der Waals surface area contributed by atoms with E-state index in [0.717, 1.165) is 23.0 Å². The Morgan fingerprint density at radius 2 is 2.03 bits per heavy atom. The third-order valence-corrected chi connectivity index (χ3v) is 6.72. The first-order chi connectivity index (χ1) is 16.4. The fourth-order valence-corrected chi connectivity index (χ4v) is 4.93. The molecular weight excluding hydrogens is 452 g/mol. The summed E-state index contributed by atoms with van der Waals surface area (Å²) < 4.78 is 7.31. The number of likely N-dealkylation sites (tertiary alicyclic amines) is 1. The quantitative estimate of drug-likeness (QED) is 0.453. The molecule has 1 fully saturated rings. The lowest BCUT2D eigenvalue weighted by Gasteiger charge is -2.39. The van der Waals surface area contributed by atoms with E-state index in [1.165, 1.54) is 0 Å². The summed E-state index contributed by atoms with van der Waals surface area (Å²) in [4.78, 5) is 19.7. The molecule has 2 heterocycles. The van der Waals surface area contributed by atoms with E-state index in [1.54, 1.807) is 12.0 Å². The minimum Gasteiger partial charge on any atom is -0.385 e. The second-order valence-corrected chi connectivity index (χ2v) is 9.60. The molecule has 1 aliphatic heterocycles. The number of β-amino-alcohol motifs (C(OH)–C–C–N with tert-alkyl or cyclic N) is 1. The Morgan fingerprint density at radius 1 is 1.26 bits per heavy atom. The predicted octanol–water partition coefficient (Wildman–Crippen LogP) is 3.50. The molecule has 1 amide bonds. The van der Waals surface area contributed by atoms with Gasteiger partial charge in [0.2, 0.25) is 5.91 Å². The maximum absolute atomic E-state index is 13.1. The van der Waals surface area contributed by atoms with Gasteiger partial charge in [0.05, 0.1) is 17.6 Å². The van der Waals surface area contributed by atoms with E-state index in [2.05, 4.69) is 4.57 Å². The molecule has 7 nitrogen and oxygen atoms in total. The number of nitrogens with two attached hydrogens (primary N) is 1. The van der Waals surface area contributed by atoms with Crippen LogP contribution in [0.1, 0.15) is 37.1 Å². The van der Waals surface area contributed by atoms with Gasteiger partial charge in [0, 0.05) is 44.3 Å². The van der Waals surface area contributed by atoms with Crippen LogP contribution < -0.4 is 5.73 Å². The van der Waals surface area contributed by atoms with Gasteiger partial charge in [0.25, 0.3) is 0 Å². The van der Waals surface area contributed by atoms with Gasteiger partial charge >= 0.3 is 0 Å². The molecule has 182 valence electrons. The smallest absolute Gasteiger partial charge is 0.224 e. The summed E-state index contributed by atoms with van der Waals surface area (Å²) in [5, 5.41) is 12.4. The fraction of sp³-hybridized carbons (Fsp3) is 0.462. The Kier molecular flexibility index (Phi) is 7.88. The van der Waals surface area contributed by atoms with Crippen LogP contribution in [-0.4, -0.2) is 58.3 Å². The number of aliphatic hydroxyl groups is 1. The number of aromatic nitrogens is 2. The summed E-state index contributed by atoms with van der Waals surface area (Å²) in [6.07, 6.45) is 2.89. The van der Waals surface area contributed by atoms with Gasteiger partial charge in [-0.05, 0) is 55.5 Å². The Balaban J connectivity index is 1.48. The minimum atomic E-state index is -1.21. The van der Waals surface area contributed by atoms with E-state index in [4.69, 9.17) is 27.1 Å². The molecule has 1 aromatic heterocycles. The van der Waals surface area contributed by atoms with Crippen LogP contribution in [0.2, 0.25) is 5.02 Å². The fourth-order valence-electron chi connectivity index (χ4n) is 4.80. The van der Waals surface area contributed by atoms with Gasteiger partial charge in [-0.2, -0.15) is 0 Å². The van der Waals surface area contributed by atoms with Crippen LogP contribution in [0.25, 0.3) is 11.0 Å². The molecule has 2 aromatic carbocycles. The molecule has 4 rings (SSSR count). The number of rotatable bonds is 9. The van der Waals surface area contributed by atoms with Crippen molar-refractivity contribution >= 4 is 28.5 Å². The maximum Gasteiger partial charge on any atom is 0.224 e. The molecule has 3 N–H and O–H groups in total. The number of carbonyl (C=O) groups excluding carboxylic acids is 1. The Labute approximate surface area is 205 Å². The van der Waals surface area contributed by atoms with E-state index < -0.39 is 5.60 Å². The largest absolute Gasteiger partial charge is 0.385 e. The highest BCUT2D eigenvalue weighted by Gasteiger charge is 2.40. The molecule has 1 aliphatic rings. The molecule has 34 heavy (non-hydrogen) atoms. The molecule has 3 aromatic rings. The van der Waals surface area contributed by atoms with Gasteiger partial charge in [-0.15, -0.1) is 0 Å². The van der Waals surface area contributed by atoms with Gasteiger partial charge < -0.3 is 25.0 Å². The van der Waals surface area contributed by atoms with Crippen molar-refractivity contribution in [3.63, 3.8) is 0 Å². The number of hydrogen-bond acceptors (Lipinski definition) is 5. The van der Waals surface area contributed by atoms with Crippen LogP contribution in [0.15, 0.2) is 48.5 Å². The average molecular weight is 485 g/mol. The van der Waals surface area contributed by atoms with Crippen molar-refractivity contribution < 1.29 is 14.6 Å². The third-order valence-electron chi connectivity index (χ3n) is 6.47. The SMILES string of the molecule is COCCCn1c([C@]2(O)CCCN(C(=O)C[C@H](N)Cc3ccc(Cl)cc3)C2)nc2ccccc21. The number of fused-ring (bicyclic) bond motifs is 1. The maximum atomic E-state index is 13.1. The van der Waals surface area contributed by atoms with Crippen molar-refractivity contribution in [2.24, 2.45) is 5.73 Å². The number of imidazole rings is 1. The Morgan fingerprint density at radius 3 is 2.79 bits per heavy atom. The number of nitrogens with zero attached hydrogens (tertiary/aromatic N) is 3. The highest BCUT2D eigenvalue weighted by molar-refractivity contribution is 6.30. The van der Waals surface area contributed by atoms with Crippen molar-refractivity contribution in [2.45, 2.75) is 50.3 Å². The number of piperidine rings is 1. The van der Waals surface area contributed by atoms with Gasteiger partial charge in [0.15, 0.2) is 0 Å². The number of para-hydroxylation sites is 2. The van der Waals surface area contributed by atoms with Crippen LogP contribution in [0, 0.1) is 0 Å². The summed E-state index contributed by atoms with van der Waals surface area (Å²) in [5.41, 5.74) is 7.97. The van der Waals surface area contributed by atoms with Crippen molar-refractivity contribution in [1.82, 2.24) is 14.5 Å². The molecule has 2 atom stereocenters. The summed E-state index contributed by atoms with van der Waals surface area (Å²) in [7, 11) is 1.68. The van der Waals surface area contributed by atoms with Crippen molar-refractivity contribution in [3.8, 4) is 0 Å². The van der Waals surface area contributed by atoms with E-state index in [9.17, 15) is 9.90 Å². The van der Waals surface area contributed by atoms with Crippen LogP contribution in [-0.2, 0) is 28.1 Å². The number of halogens is 1. The summed E-state index contributed by atoms with van der Waals surface area (Å²) in [5.74, 6) is 0.578. The number of benzene rings is 2.